The normalized spacial score (nSPS) is 10.4. The van der Waals surface area contributed by atoms with Crippen molar-refractivity contribution in [2.45, 2.75) is 13.2 Å². The highest BCUT2D eigenvalue weighted by Gasteiger charge is 2.13. The molecule has 0 spiro atoms. The van der Waals surface area contributed by atoms with Gasteiger partial charge >= 0.3 is 0 Å². The maximum atomic E-state index is 12.3. The summed E-state index contributed by atoms with van der Waals surface area (Å²) in [5, 5.41) is 7.36. The van der Waals surface area contributed by atoms with Crippen LogP contribution in [-0.2, 0) is 17.9 Å². The number of nitrogens with one attached hydrogen (secondary N) is 1. The average Bonchev–Trinajstić information content (AvgIpc) is 3.00. The fraction of sp³-hybridized carbons (Fsp3) is 0.167. The molecule has 0 aliphatic carbocycles. The third kappa shape index (κ3) is 5.08. The van der Waals surface area contributed by atoms with Crippen LogP contribution >= 0.6 is 23.8 Å². The molecular weight excluding hydrogens is 390 g/mol. The van der Waals surface area contributed by atoms with E-state index in [2.05, 4.69) is 10.4 Å². The van der Waals surface area contributed by atoms with Crippen LogP contribution in [0.2, 0.25) is 5.02 Å². The summed E-state index contributed by atoms with van der Waals surface area (Å²) in [5.41, 5.74) is 0.456. The number of para-hydroxylation sites is 1. The van der Waals surface area contributed by atoms with E-state index in [1.807, 2.05) is 30.3 Å². The number of halogens is 1. The zero-order chi connectivity index (χ0) is 19.2. The van der Waals surface area contributed by atoms with Crippen LogP contribution in [-0.4, -0.2) is 22.8 Å². The number of hydrogen-bond donors (Lipinski definition) is 1. The molecule has 7 nitrogen and oxygen atoms in total. The van der Waals surface area contributed by atoms with E-state index in [1.54, 1.807) is 18.2 Å². The molecule has 0 saturated carbocycles. The highest BCUT2D eigenvalue weighted by molar-refractivity contribution is 7.71. The largest absolute Gasteiger partial charge is 0.495 e. The lowest BCUT2D eigenvalue weighted by molar-refractivity contribution is -0.117. The number of amides is 1. The summed E-state index contributed by atoms with van der Waals surface area (Å²) in [7, 11) is 1.51. The van der Waals surface area contributed by atoms with Crippen molar-refractivity contribution in [3.8, 4) is 11.5 Å². The van der Waals surface area contributed by atoms with Crippen LogP contribution in [0.5, 0.6) is 11.5 Å². The van der Waals surface area contributed by atoms with Gasteiger partial charge in [-0.2, -0.15) is 0 Å². The van der Waals surface area contributed by atoms with Crippen LogP contribution in [0.1, 0.15) is 5.89 Å². The minimum absolute atomic E-state index is 0.0786. The molecule has 3 rings (SSSR count). The number of nitrogens with zero attached hydrogens (tertiary/aromatic N) is 2. The van der Waals surface area contributed by atoms with Gasteiger partial charge in [0.2, 0.25) is 5.91 Å². The van der Waals surface area contributed by atoms with Crippen molar-refractivity contribution >= 4 is 35.4 Å². The first kappa shape index (κ1) is 18.9. The third-order valence-electron chi connectivity index (χ3n) is 3.48. The quantitative estimate of drug-likeness (QED) is 0.596. The van der Waals surface area contributed by atoms with E-state index in [9.17, 15) is 4.79 Å². The number of benzene rings is 2. The summed E-state index contributed by atoms with van der Waals surface area (Å²) in [6.07, 6.45) is 0. The zero-order valence-corrected chi connectivity index (χ0v) is 15.9. The molecule has 0 aliphatic rings. The second kappa shape index (κ2) is 8.70. The number of hydrogen-bond acceptors (Lipinski definition) is 6. The molecule has 0 atom stereocenters. The van der Waals surface area contributed by atoms with E-state index in [4.69, 9.17) is 37.7 Å². The Morgan fingerprint density at radius 1 is 1.30 bits per heavy atom. The number of carbonyl (C=O) groups is 1. The van der Waals surface area contributed by atoms with Crippen LogP contribution in [0.3, 0.4) is 0 Å². The highest BCUT2D eigenvalue weighted by atomic mass is 35.5. The van der Waals surface area contributed by atoms with E-state index in [0.717, 1.165) is 0 Å². The van der Waals surface area contributed by atoms with Gasteiger partial charge in [0.15, 0.2) is 6.61 Å². The first-order valence-corrected chi connectivity index (χ1v) is 8.72. The molecule has 1 amide bonds. The van der Waals surface area contributed by atoms with Gasteiger partial charge in [-0.15, -0.1) is 5.10 Å². The lowest BCUT2D eigenvalue weighted by Crippen LogP contribution is -2.20. The zero-order valence-electron chi connectivity index (χ0n) is 14.3. The molecule has 0 saturated heterocycles. The number of methoxy groups -OCH3 is 1. The van der Waals surface area contributed by atoms with Gasteiger partial charge < -0.3 is 19.2 Å². The molecule has 0 fully saturated rings. The molecule has 3 aromatic rings. The van der Waals surface area contributed by atoms with Crippen molar-refractivity contribution in [3.05, 3.63) is 64.3 Å². The molecule has 0 radical (unpaired) electrons. The molecule has 1 heterocycles. The van der Waals surface area contributed by atoms with Crippen molar-refractivity contribution in [1.82, 2.24) is 9.78 Å². The molecule has 9 heteroatoms. The average molecular weight is 406 g/mol. The summed E-state index contributed by atoms with van der Waals surface area (Å²) in [4.78, 5) is 12.4. The summed E-state index contributed by atoms with van der Waals surface area (Å²) in [5.74, 6) is 1.10. The van der Waals surface area contributed by atoms with Crippen LogP contribution < -0.4 is 14.8 Å². The molecule has 1 aromatic heterocycles. The Labute approximate surface area is 165 Å². The smallest absolute Gasteiger partial charge is 0.287 e. The fourth-order valence-electron chi connectivity index (χ4n) is 2.27. The van der Waals surface area contributed by atoms with E-state index < -0.39 is 0 Å². The van der Waals surface area contributed by atoms with E-state index in [1.165, 1.54) is 11.8 Å². The van der Waals surface area contributed by atoms with E-state index in [0.29, 0.717) is 22.2 Å². The first-order chi connectivity index (χ1) is 13.0. The number of anilines is 1. The third-order valence-corrected chi connectivity index (χ3v) is 4.01. The Hall–Kier alpha value is -2.84. The van der Waals surface area contributed by atoms with Crippen molar-refractivity contribution in [2.75, 3.05) is 12.4 Å². The maximum Gasteiger partial charge on any atom is 0.287 e. The lowest BCUT2D eigenvalue weighted by atomic mass is 10.3. The first-order valence-electron chi connectivity index (χ1n) is 7.93. The summed E-state index contributed by atoms with van der Waals surface area (Å²) >= 11 is 11.1. The fourth-order valence-corrected chi connectivity index (χ4v) is 2.65. The Bertz CT molecular complexity index is 988. The second-order valence-electron chi connectivity index (χ2n) is 5.41. The molecule has 27 heavy (non-hydrogen) atoms. The minimum Gasteiger partial charge on any atom is -0.495 e. The van der Waals surface area contributed by atoms with Crippen molar-refractivity contribution in [3.63, 3.8) is 0 Å². The Morgan fingerprint density at radius 2 is 2.07 bits per heavy atom. The number of ether oxygens (including phenoxy) is 2. The number of aromatic nitrogens is 2. The monoisotopic (exact) mass is 405 g/mol. The molecular formula is C18H16ClN3O4S. The molecule has 2 aromatic carbocycles. The van der Waals surface area contributed by atoms with E-state index >= 15 is 0 Å². The van der Waals surface area contributed by atoms with E-state index in [-0.39, 0.29) is 29.8 Å². The topological polar surface area (TPSA) is 78.5 Å². The molecule has 0 aliphatic heterocycles. The lowest BCUT2D eigenvalue weighted by Gasteiger charge is -2.10. The predicted molar refractivity (Wildman–Crippen MR) is 103 cm³/mol. The van der Waals surface area contributed by atoms with Gasteiger partial charge in [0.1, 0.15) is 18.0 Å². The number of carbonyl (C=O) groups excluding carboxylic acids is 1. The van der Waals surface area contributed by atoms with Crippen molar-refractivity contribution in [2.24, 2.45) is 0 Å². The van der Waals surface area contributed by atoms with Gasteiger partial charge in [-0.3, -0.25) is 4.79 Å². The van der Waals surface area contributed by atoms with Crippen LogP contribution in [0.4, 0.5) is 5.69 Å². The molecule has 0 bridgehead atoms. The molecule has 1 N–H and O–H groups in total. The second-order valence-corrected chi connectivity index (χ2v) is 6.20. The van der Waals surface area contributed by atoms with Crippen molar-refractivity contribution < 1.29 is 18.7 Å². The standard InChI is InChI=1S/C18H16ClN3O4S/c1-24-15-8-7-12(19)9-14(15)20-16(23)10-22-18(27)26-17(21-22)11-25-13-5-3-2-4-6-13/h2-9H,10-11H2,1H3,(H,20,23). The SMILES string of the molecule is COc1ccc(Cl)cc1NC(=O)Cn1nc(COc2ccccc2)oc1=S. The Morgan fingerprint density at radius 3 is 2.81 bits per heavy atom. The van der Waals surface area contributed by atoms with Gasteiger partial charge in [-0.1, -0.05) is 29.8 Å². The molecule has 0 unspecified atom stereocenters. The van der Waals surface area contributed by atoms with Gasteiger partial charge in [0.05, 0.1) is 12.8 Å². The maximum absolute atomic E-state index is 12.3. The Balaban J connectivity index is 1.64. The number of rotatable bonds is 7. The highest BCUT2D eigenvalue weighted by Crippen LogP contribution is 2.27. The summed E-state index contributed by atoms with van der Waals surface area (Å²) in [6.45, 7) is -0.0201. The molecule has 140 valence electrons. The Kier molecular flexibility index (Phi) is 6.10. The van der Waals surface area contributed by atoms with Gasteiger partial charge in [-0.05, 0) is 42.5 Å². The van der Waals surface area contributed by atoms with Crippen LogP contribution in [0.15, 0.2) is 52.9 Å². The predicted octanol–water partition coefficient (Wildman–Crippen LogP) is 4.09. The van der Waals surface area contributed by atoms with Crippen LogP contribution in [0, 0.1) is 4.84 Å². The van der Waals surface area contributed by atoms with Crippen LogP contribution in [0.25, 0.3) is 0 Å². The van der Waals surface area contributed by atoms with Gasteiger partial charge in [0, 0.05) is 5.02 Å². The summed E-state index contributed by atoms with van der Waals surface area (Å²) in [6, 6.07) is 14.2. The minimum atomic E-state index is -0.351. The van der Waals surface area contributed by atoms with Crippen molar-refractivity contribution in [1.29, 1.82) is 0 Å². The van der Waals surface area contributed by atoms with Gasteiger partial charge in [0.25, 0.3) is 10.7 Å². The van der Waals surface area contributed by atoms with Gasteiger partial charge in [-0.25, -0.2) is 4.68 Å². The summed E-state index contributed by atoms with van der Waals surface area (Å²) < 4.78 is 17.4.